The number of rotatable bonds is 1. The molecule has 44 valence electrons. The van der Waals surface area contributed by atoms with Gasteiger partial charge in [0.2, 0.25) is 22.9 Å². The second-order valence-electron chi connectivity index (χ2n) is 1.59. The van der Waals surface area contributed by atoms with Crippen molar-refractivity contribution in [3.8, 4) is 0 Å². The average Bonchev–Trinajstić information content (AvgIpc) is 2.14. The van der Waals surface area contributed by atoms with Crippen molar-refractivity contribution in [2.75, 3.05) is 0 Å². The van der Waals surface area contributed by atoms with Crippen LogP contribution in [0.3, 0.4) is 0 Å². The van der Waals surface area contributed by atoms with E-state index in [2.05, 4.69) is 34.4 Å². The van der Waals surface area contributed by atoms with E-state index < -0.39 is 0 Å². The summed E-state index contributed by atoms with van der Waals surface area (Å²) in [5.74, 6) is 0. The van der Waals surface area contributed by atoms with E-state index >= 15 is 0 Å². The molecule has 0 saturated heterocycles. The lowest BCUT2D eigenvalue weighted by Crippen LogP contribution is -2.13. The summed E-state index contributed by atoms with van der Waals surface area (Å²) in [6, 6.07) is 0. The summed E-state index contributed by atoms with van der Waals surface area (Å²) in [6.07, 6.45) is 6.11. The SMILES string of the molecule is CCn1cc[n+](I)c1. The molecule has 0 aliphatic rings. The van der Waals surface area contributed by atoms with Gasteiger partial charge in [-0.05, 0) is 6.92 Å². The lowest BCUT2D eigenvalue weighted by atomic mass is 10.7. The molecule has 0 amide bonds. The van der Waals surface area contributed by atoms with Gasteiger partial charge in [0.1, 0.15) is 12.4 Å². The van der Waals surface area contributed by atoms with Gasteiger partial charge < -0.3 is 0 Å². The molecule has 0 spiro atoms. The van der Waals surface area contributed by atoms with E-state index in [9.17, 15) is 0 Å². The highest BCUT2D eigenvalue weighted by atomic mass is 127. The molecule has 0 bridgehead atoms. The molecule has 0 radical (unpaired) electrons. The van der Waals surface area contributed by atoms with Gasteiger partial charge in [-0.25, -0.2) is 4.57 Å². The standard InChI is InChI=1S/C5H8IN2/c1-2-7-3-4-8(6)5-7/h3-5H,2H2,1H3/q+1. The molecule has 0 N–H and O–H groups in total. The maximum absolute atomic E-state index is 2.22. The van der Waals surface area contributed by atoms with Gasteiger partial charge in [0, 0.05) is 0 Å². The number of hydrogen-bond acceptors (Lipinski definition) is 0. The summed E-state index contributed by atoms with van der Waals surface area (Å²) in [5.41, 5.74) is 0. The normalized spacial score (nSPS) is 9.75. The molecule has 1 aromatic rings. The topological polar surface area (TPSA) is 8.81 Å². The molecular weight excluding hydrogens is 215 g/mol. The van der Waals surface area contributed by atoms with E-state index in [1.807, 2.05) is 21.5 Å². The van der Waals surface area contributed by atoms with Crippen molar-refractivity contribution >= 4 is 22.9 Å². The van der Waals surface area contributed by atoms with Crippen molar-refractivity contribution < 1.29 is 2.78 Å². The first-order valence-corrected chi connectivity index (χ1v) is 3.52. The number of halogens is 1. The highest BCUT2D eigenvalue weighted by molar-refractivity contribution is 14.1. The molecule has 2 nitrogen and oxygen atoms in total. The summed E-state index contributed by atoms with van der Waals surface area (Å²) < 4.78 is 4.12. The second kappa shape index (κ2) is 2.48. The first kappa shape index (κ1) is 6.07. The molecule has 1 heterocycles. The van der Waals surface area contributed by atoms with Gasteiger partial charge in [0.25, 0.3) is 6.33 Å². The van der Waals surface area contributed by atoms with E-state index in [4.69, 9.17) is 0 Å². The molecule has 0 atom stereocenters. The van der Waals surface area contributed by atoms with Gasteiger partial charge in [-0.1, -0.05) is 0 Å². The first-order valence-electron chi connectivity index (χ1n) is 2.56. The number of aryl methyl sites for hydroxylation is 1. The lowest BCUT2D eigenvalue weighted by molar-refractivity contribution is -0.439. The third kappa shape index (κ3) is 1.21. The molecule has 0 fully saturated rings. The van der Waals surface area contributed by atoms with Crippen LogP contribution in [0, 0.1) is 0 Å². The van der Waals surface area contributed by atoms with E-state index in [0.29, 0.717) is 0 Å². The molecule has 0 unspecified atom stereocenters. The highest BCUT2D eigenvalue weighted by Crippen LogP contribution is 1.83. The Kier molecular flexibility index (Phi) is 1.88. The maximum Gasteiger partial charge on any atom is 0.252 e. The fourth-order valence-electron chi connectivity index (χ4n) is 0.555. The van der Waals surface area contributed by atoms with Crippen molar-refractivity contribution in [2.45, 2.75) is 13.5 Å². The molecule has 0 aromatic carbocycles. The summed E-state index contributed by atoms with van der Waals surface area (Å²) in [6.45, 7) is 3.17. The molecule has 8 heavy (non-hydrogen) atoms. The van der Waals surface area contributed by atoms with Crippen molar-refractivity contribution in [1.82, 2.24) is 4.57 Å². The van der Waals surface area contributed by atoms with Crippen LogP contribution in [0.4, 0.5) is 0 Å². The van der Waals surface area contributed by atoms with E-state index in [1.54, 1.807) is 0 Å². The van der Waals surface area contributed by atoms with Gasteiger partial charge in [-0.3, -0.25) is 0 Å². The summed E-state index contributed by atoms with van der Waals surface area (Å²) in [5, 5.41) is 0. The largest absolute Gasteiger partial charge is 0.252 e. The Morgan fingerprint density at radius 2 is 2.50 bits per heavy atom. The minimum atomic E-state index is 1.05. The summed E-state index contributed by atoms with van der Waals surface area (Å²) in [4.78, 5) is 0. The van der Waals surface area contributed by atoms with Gasteiger partial charge in [0.05, 0.1) is 6.54 Å². The smallest absolute Gasteiger partial charge is 0.237 e. The summed E-state index contributed by atoms with van der Waals surface area (Å²) >= 11 is 2.22. The summed E-state index contributed by atoms with van der Waals surface area (Å²) in [7, 11) is 0. The highest BCUT2D eigenvalue weighted by Gasteiger charge is 1.94. The van der Waals surface area contributed by atoms with E-state index in [0.717, 1.165) is 6.54 Å². The van der Waals surface area contributed by atoms with Crippen LogP contribution in [0.25, 0.3) is 0 Å². The van der Waals surface area contributed by atoms with Gasteiger partial charge >= 0.3 is 0 Å². The van der Waals surface area contributed by atoms with E-state index in [-0.39, 0.29) is 0 Å². The molecule has 1 rings (SSSR count). The zero-order valence-electron chi connectivity index (χ0n) is 4.71. The van der Waals surface area contributed by atoms with Crippen LogP contribution in [0.5, 0.6) is 0 Å². The van der Waals surface area contributed by atoms with Gasteiger partial charge in [0.15, 0.2) is 0 Å². The molecular formula is C5H8IN2+. The van der Waals surface area contributed by atoms with Crippen LogP contribution in [-0.2, 0) is 6.54 Å². The Morgan fingerprint density at radius 3 is 2.75 bits per heavy atom. The third-order valence-corrected chi connectivity index (χ3v) is 1.60. The van der Waals surface area contributed by atoms with Gasteiger partial charge in [-0.2, -0.15) is 2.78 Å². The number of hydrogen-bond donors (Lipinski definition) is 0. The van der Waals surface area contributed by atoms with Gasteiger partial charge in [-0.15, -0.1) is 0 Å². The zero-order chi connectivity index (χ0) is 5.98. The van der Waals surface area contributed by atoms with Crippen LogP contribution in [-0.4, -0.2) is 4.57 Å². The maximum atomic E-state index is 2.22. The molecule has 1 aromatic heterocycles. The van der Waals surface area contributed by atoms with Crippen molar-refractivity contribution in [3.05, 3.63) is 18.7 Å². The number of aromatic nitrogens is 2. The minimum Gasteiger partial charge on any atom is -0.237 e. The predicted molar refractivity (Wildman–Crippen MR) is 39.7 cm³/mol. The van der Waals surface area contributed by atoms with Crippen LogP contribution < -0.4 is 2.78 Å². The Labute approximate surface area is 62.6 Å². The Bertz CT molecular complexity index is 171. The van der Waals surface area contributed by atoms with Crippen molar-refractivity contribution in [3.63, 3.8) is 0 Å². The fraction of sp³-hybridized carbons (Fsp3) is 0.400. The third-order valence-electron chi connectivity index (χ3n) is 1.02. The molecule has 3 heteroatoms. The molecule has 0 aliphatic carbocycles. The Hall–Kier alpha value is -0.0600. The van der Waals surface area contributed by atoms with Crippen LogP contribution in [0.15, 0.2) is 18.7 Å². The molecule has 0 saturated carbocycles. The van der Waals surface area contributed by atoms with Crippen LogP contribution in [0.2, 0.25) is 0 Å². The quantitative estimate of drug-likeness (QED) is 0.628. The first-order chi connectivity index (χ1) is 3.83. The van der Waals surface area contributed by atoms with E-state index in [1.165, 1.54) is 0 Å². The van der Waals surface area contributed by atoms with Crippen LogP contribution >= 0.6 is 22.9 Å². The number of nitrogens with zero attached hydrogens (tertiary/aromatic N) is 2. The predicted octanol–water partition coefficient (Wildman–Crippen LogP) is 0.994. The zero-order valence-corrected chi connectivity index (χ0v) is 6.87. The van der Waals surface area contributed by atoms with Crippen molar-refractivity contribution in [2.24, 2.45) is 0 Å². The van der Waals surface area contributed by atoms with Crippen LogP contribution in [0.1, 0.15) is 6.92 Å². The second-order valence-corrected chi connectivity index (χ2v) is 2.70. The Morgan fingerprint density at radius 1 is 1.75 bits per heavy atom. The average molecular weight is 223 g/mol. The minimum absolute atomic E-state index is 1.05. The Balaban J connectivity index is 2.84. The monoisotopic (exact) mass is 223 g/mol. The number of imidazole rings is 1. The van der Waals surface area contributed by atoms with Crippen molar-refractivity contribution in [1.29, 1.82) is 0 Å². The molecule has 0 aliphatic heterocycles. The fourth-order valence-corrected chi connectivity index (χ4v) is 1.02. The lowest BCUT2D eigenvalue weighted by Gasteiger charge is -1.80.